The number of ether oxygens (including phenoxy) is 5. The highest BCUT2D eigenvalue weighted by Gasteiger charge is 2.37. The highest BCUT2D eigenvalue weighted by molar-refractivity contribution is 4.71. The number of alkyl halides is 6. The molecule has 35 heavy (non-hydrogen) atoms. The second-order valence-corrected chi connectivity index (χ2v) is 8.19. The number of rotatable bonds is 24. The van der Waals surface area contributed by atoms with Gasteiger partial charge in [0.15, 0.2) is 0 Å². The molecule has 0 aliphatic heterocycles. The van der Waals surface area contributed by atoms with E-state index < -0.39 is 76.2 Å². The number of aliphatic hydroxyl groups is 3. The lowest BCUT2D eigenvalue weighted by atomic mass is 10.1. The van der Waals surface area contributed by atoms with Crippen LogP contribution in [0.5, 0.6) is 0 Å². The van der Waals surface area contributed by atoms with Crippen molar-refractivity contribution in [1.82, 2.24) is 0 Å². The van der Waals surface area contributed by atoms with Crippen LogP contribution in [-0.4, -0.2) is 118 Å². The minimum Gasteiger partial charge on any atom is -0.394 e. The summed E-state index contributed by atoms with van der Waals surface area (Å²) in [4.78, 5) is 0. The molecule has 0 radical (unpaired) electrons. The standard InChI is InChI=1S/C21H38F6O8/c1-2-3-4-5-17(29)8-32-11-19(22,23)13-34-15-21(26,27)16-35-14-20(24,25)12-33-10-18(30)9-31-7-6-28/h17-18,28-30H,2-16H2,1H3. The number of aliphatic hydroxyl groups excluding tert-OH is 3. The Balaban J connectivity index is 4.05. The topological polar surface area (TPSA) is 107 Å². The van der Waals surface area contributed by atoms with Gasteiger partial charge in [0.25, 0.3) is 17.8 Å². The highest BCUT2D eigenvalue weighted by atomic mass is 19.3. The van der Waals surface area contributed by atoms with E-state index in [9.17, 15) is 36.6 Å². The van der Waals surface area contributed by atoms with Gasteiger partial charge in [-0.2, -0.15) is 0 Å². The van der Waals surface area contributed by atoms with Gasteiger partial charge in [0.2, 0.25) is 0 Å². The monoisotopic (exact) mass is 532 g/mol. The number of hydrogen-bond acceptors (Lipinski definition) is 8. The summed E-state index contributed by atoms with van der Waals surface area (Å²) in [6, 6.07) is 0. The van der Waals surface area contributed by atoms with Crippen molar-refractivity contribution in [2.45, 2.75) is 62.6 Å². The number of unbranched alkanes of at least 4 members (excludes halogenated alkanes) is 2. The van der Waals surface area contributed by atoms with Gasteiger partial charge in [-0.25, -0.2) is 26.3 Å². The maximum absolute atomic E-state index is 13.7. The van der Waals surface area contributed by atoms with Gasteiger partial charge in [0, 0.05) is 0 Å². The molecule has 3 N–H and O–H groups in total. The van der Waals surface area contributed by atoms with Gasteiger partial charge in [-0.1, -0.05) is 26.2 Å². The second kappa shape index (κ2) is 18.5. The van der Waals surface area contributed by atoms with E-state index in [1.165, 1.54) is 0 Å². The molecule has 2 atom stereocenters. The Morgan fingerprint density at radius 3 is 1.43 bits per heavy atom. The number of halogens is 6. The van der Waals surface area contributed by atoms with E-state index in [-0.39, 0.29) is 26.4 Å². The minimum atomic E-state index is -3.80. The quantitative estimate of drug-likeness (QED) is 0.128. The molecule has 0 heterocycles. The van der Waals surface area contributed by atoms with E-state index in [0.717, 1.165) is 19.3 Å². The predicted molar refractivity (Wildman–Crippen MR) is 112 cm³/mol. The summed E-state index contributed by atoms with van der Waals surface area (Å²) in [5.74, 6) is -11.0. The predicted octanol–water partition coefficient (Wildman–Crippen LogP) is 2.27. The van der Waals surface area contributed by atoms with E-state index in [2.05, 4.69) is 14.2 Å². The molecule has 0 fully saturated rings. The van der Waals surface area contributed by atoms with Crippen molar-refractivity contribution >= 4 is 0 Å². The van der Waals surface area contributed by atoms with Crippen LogP contribution >= 0.6 is 0 Å². The third kappa shape index (κ3) is 21.1. The lowest BCUT2D eigenvalue weighted by Gasteiger charge is -2.22. The van der Waals surface area contributed by atoms with Gasteiger partial charge < -0.3 is 39.0 Å². The first-order valence-electron chi connectivity index (χ1n) is 11.3. The first-order valence-corrected chi connectivity index (χ1v) is 11.3. The van der Waals surface area contributed by atoms with E-state index in [1.807, 2.05) is 6.92 Å². The van der Waals surface area contributed by atoms with Crippen molar-refractivity contribution in [2.24, 2.45) is 0 Å². The lowest BCUT2D eigenvalue weighted by molar-refractivity contribution is -0.185. The molecule has 0 aromatic rings. The first-order chi connectivity index (χ1) is 16.3. The van der Waals surface area contributed by atoms with E-state index in [0.29, 0.717) is 6.42 Å². The van der Waals surface area contributed by atoms with Crippen LogP contribution in [-0.2, 0) is 23.7 Å². The fraction of sp³-hybridized carbons (Fsp3) is 1.00. The van der Waals surface area contributed by atoms with Gasteiger partial charge in [-0.3, -0.25) is 0 Å². The molecule has 212 valence electrons. The SMILES string of the molecule is CCCCCC(O)COCC(F)(F)COCC(F)(F)COCC(F)(F)COCC(O)COCCO. The molecule has 0 rings (SSSR count). The molecule has 0 spiro atoms. The van der Waals surface area contributed by atoms with Crippen LogP contribution in [0.1, 0.15) is 32.6 Å². The average molecular weight is 533 g/mol. The second-order valence-electron chi connectivity index (χ2n) is 8.19. The Hall–Kier alpha value is -0.740. The fourth-order valence-electron chi connectivity index (χ4n) is 2.56. The van der Waals surface area contributed by atoms with Crippen molar-refractivity contribution in [2.75, 3.05) is 72.7 Å². The van der Waals surface area contributed by atoms with Gasteiger partial charge in [-0.05, 0) is 6.42 Å². The van der Waals surface area contributed by atoms with Crippen LogP contribution in [0.3, 0.4) is 0 Å². The molecule has 0 amide bonds. The van der Waals surface area contributed by atoms with Crippen molar-refractivity contribution in [1.29, 1.82) is 0 Å². The minimum absolute atomic E-state index is 0.0479. The molecular formula is C21H38F6O8. The third-order valence-electron chi connectivity index (χ3n) is 4.19. The molecule has 0 aliphatic carbocycles. The van der Waals surface area contributed by atoms with Crippen LogP contribution in [0.25, 0.3) is 0 Å². The molecule has 0 saturated heterocycles. The van der Waals surface area contributed by atoms with Gasteiger partial charge in [0.05, 0.1) is 39.1 Å². The summed E-state index contributed by atoms with van der Waals surface area (Å²) >= 11 is 0. The summed E-state index contributed by atoms with van der Waals surface area (Å²) in [6.45, 7) is -7.57. The van der Waals surface area contributed by atoms with Crippen molar-refractivity contribution in [3.05, 3.63) is 0 Å². The van der Waals surface area contributed by atoms with Crippen LogP contribution in [0.2, 0.25) is 0 Å². The summed E-state index contributed by atoms with van der Waals surface area (Å²) in [5.41, 5.74) is 0. The van der Waals surface area contributed by atoms with Crippen LogP contribution < -0.4 is 0 Å². The maximum atomic E-state index is 13.7. The first kappa shape index (κ1) is 34.3. The Morgan fingerprint density at radius 1 is 0.600 bits per heavy atom. The number of hydrogen-bond donors (Lipinski definition) is 3. The normalized spacial score (nSPS) is 14.9. The summed E-state index contributed by atoms with van der Waals surface area (Å²) < 4.78 is 105. The van der Waals surface area contributed by atoms with E-state index >= 15 is 0 Å². The molecular weight excluding hydrogens is 494 g/mol. The van der Waals surface area contributed by atoms with Crippen LogP contribution in [0.15, 0.2) is 0 Å². The zero-order valence-electron chi connectivity index (χ0n) is 19.9. The Bertz CT molecular complexity index is 474. The lowest BCUT2D eigenvalue weighted by Crippen LogP contribution is -2.38. The fourth-order valence-corrected chi connectivity index (χ4v) is 2.56. The Morgan fingerprint density at radius 2 is 1.00 bits per heavy atom. The molecule has 14 heteroatoms. The average Bonchev–Trinajstić information content (AvgIpc) is 2.73. The molecule has 0 aromatic heterocycles. The molecule has 0 saturated carbocycles. The molecule has 0 aliphatic rings. The largest absolute Gasteiger partial charge is 0.394 e. The zero-order valence-corrected chi connectivity index (χ0v) is 19.9. The van der Waals surface area contributed by atoms with E-state index in [4.69, 9.17) is 14.6 Å². The third-order valence-corrected chi connectivity index (χ3v) is 4.19. The van der Waals surface area contributed by atoms with Gasteiger partial charge >= 0.3 is 0 Å². The molecule has 0 bridgehead atoms. The van der Waals surface area contributed by atoms with Crippen LogP contribution in [0.4, 0.5) is 26.3 Å². The maximum Gasteiger partial charge on any atom is 0.293 e. The highest BCUT2D eigenvalue weighted by Crippen LogP contribution is 2.21. The van der Waals surface area contributed by atoms with Crippen molar-refractivity contribution in [3.8, 4) is 0 Å². The van der Waals surface area contributed by atoms with Crippen LogP contribution in [0, 0.1) is 0 Å². The Labute approximate surface area is 201 Å². The smallest absolute Gasteiger partial charge is 0.293 e. The summed E-state index contributed by atoms with van der Waals surface area (Å²) in [7, 11) is 0. The molecule has 2 unspecified atom stereocenters. The summed E-state index contributed by atoms with van der Waals surface area (Å²) in [5, 5.41) is 27.5. The summed E-state index contributed by atoms with van der Waals surface area (Å²) in [6.07, 6.45) is 0.816. The van der Waals surface area contributed by atoms with Crippen molar-refractivity contribution < 1.29 is 65.3 Å². The molecule has 8 nitrogen and oxygen atoms in total. The zero-order chi connectivity index (χ0) is 26.8. The molecule has 0 aromatic carbocycles. The van der Waals surface area contributed by atoms with Gasteiger partial charge in [0.1, 0.15) is 45.7 Å². The van der Waals surface area contributed by atoms with Gasteiger partial charge in [-0.15, -0.1) is 0 Å². The van der Waals surface area contributed by atoms with Crippen molar-refractivity contribution in [3.63, 3.8) is 0 Å². The van der Waals surface area contributed by atoms with E-state index in [1.54, 1.807) is 0 Å². The Kier molecular flexibility index (Phi) is 18.1.